The summed E-state index contributed by atoms with van der Waals surface area (Å²) >= 11 is 6.69. The lowest BCUT2D eigenvalue weighted by molar-refractivity contribution is 0.0489. The molecule has 0 bridgehead atoms. The highest BCUT2D eigenvalue weighted by molar-refractivity contribution is 6.35. The van der Waals surface area contributed by atoms with Crippen LogP contribution in [0, 0.1) is 5.82 Å². The van der Waals surface area contributed by atoms with E-state index >= 15 is 0 Å². The number of halogens is 2. The van der Waals surface area contributed by atoms with E-state index in [1.54, 1.807) is 84.9 Å². The molecule has 4 rings (SSSR count). The highest BCUT2D eigenvalue weighted by atomic mass is 35.5. The van der Waals surface area contributed by atoms with Crippen molar-refractivity contribution in [3.8, 4) is 16.9 Å². The summed E-state index contributed by atoms with van der Waals surface area (Å²) in [5.74, 6) is -0.542. The van der Waals surface area contributed by atoms with Crippen LogP contribution in [0.15, 0.2) is 97.1 Å². The molecule has 3 nitrogen and oxygen atoms in total. The lowest BCUT2D eigenvalue weighted by Gasteiger charge is -2.31. The number of ketones is 1. The molecule has 160 valence electrons. The second-order valence-electron chi connectivity index (χ2n) is 7.28. The molecule has 4 aromatic rings. The fourth-order valence-corrected chi connectivity index (χ4v) is 4.15. The van der Waals surface area contributed by atoms with Crippen LogP contribution < -0.4 is 4.74 Å². The van der Waals surface area contributed by atoms with Crippen molar-refractivity contribution in [2.75, 3.05) is 7.11 Å². The molecular weight excluding hydrogens is 427 g/mol. The standard InChI is InChI=1S/C27H20ClFO3/c1-32-23-17-16-22(24(25(23)28)18-12-14-21(29)15-13-18)27(31,20-10-6-3-7-11-20)26(30)19-8-4-2-5-9-19/h2-17,31H,1H3. The highest BCUT2D eigenvalue weighted by Gasteiger charge is 2.43. The molecule has 1 N–H and O–H groups in total. The second kappa shape index (κ2) is 8.95. The van der Waals surface area contributed by atoms with Gasteiger partial charge in [-0.15, -0.1) is 0 Å². The summed E-state index contributed by atoms with van der Waals surface area (Å²) in [6, 6.07) is 26.2. The molecule has 0 saturated heterocycles. The van der Waals surface area contributed by atoms with Crippen molar-refractivity contribution >= 4 is 17.4 Å². The Hall–Kier alpha value is -3.47. The van der Waals surface area contributed by atoms with Gasteiger partial charge >= 0.3 is 0 Å². The maximum absolute atomic E-state index is 13.8. The molecule has 0 aromatic heterocycles. The largest absolute Gasteiger partial charge is 0.495 e. The van der Waals surface area contributed by atoms with Crippen molar-refractivity contribution in [3.63, 3.8) is 0 Å². The Labute approximate surface area is 190 Å². The Balaban J connectivity index is 2.05. The van der Waals surface area contributed by atoms with Crippen molar-refractivity contribution in [1.29, 1.82) is 0 Å². The number of aliphatic hydroxyl groups is 1. The zero-order valence-corrected chi connectivity index (χ0v) is 18.0. The summed E-state index contributed by atoms with van der Waals surface area (Å²) in [6.07, 6.45) is 0. The SMILES string of the molecule is COc1ccc(C(O)(C(=O)c2ccccc2)c2ccccc2)c(-c2ccc(F)cc2)c1Cl. The number of rotatable bonds is 6. The first kappa shape index (κ1) is 21.8. The summed E-state index contributed by atoms with van der Waals surface area (Å²) in [7, 11) is 1.48. The van der Waals surface area contributed by atoms with Gasteiger partial charge in [-0.05, 0) is 29.3 Å². The Bertz CT molecular complexity index is 1240. The van der Waals surface area contributed by atoms with Gasteiger partial charge in [-0.25, -0.2) is 4.39 Å². The van der Waals surface area contributed by atoms with Crippen LogP contribution in [-0.2, 0) is 5.60 Å². The van der Waals surface area contributed by atoms with Crippen LogP contribution >= 0.6 is 11.6 Å². The lowest BCUT2D eigenvalue weighted by Crippen LogP contribution is -2.37. The lowest BCUT2D eigenvalue weighted by atomic mass is 9.77. The fourth-order valence-electron chi connectivity index (χ4n) is 3.80. The van der Waals surface area contributed by atoms with Gasteiger partial charge in [-0.1, -0.05) is 90.5 Å². The first-order valence-electron chi connectivity index (χ1n) is 9.97. The van der Waals surface area contributed by atoms with Crippen molar-refractivity contribution in [2.24, 2.45) is 0 Å². The maximum Gasteiger partial charge on any atom is 0.203 e. The summed E-state index contributed by atoms with van der Waals surface area (Å²) in [5.41, 5.74) is -0.117. The minimum absolute atomic E-state index is 0.215. The highest BCUT2D eigenvalue weighted by Crippen LogP contribution is 2.45. The molecule has 0 aliphatic rings. The summed E-state index contributed by atoms with van der Waals surface area (Å²) in [5, 5.41) is 12.4. The van der Waals surface area contributed by atoms with Crippen LogP contribution in [0.5, 0.6) is 5.75 Å². The van der Waals surface area contributed by atoms with Crippen LogP contribution in [0.25, 0.3) is 11.1 Å². The van der Waals surface area contributed by atoms with E-state index in [-0.39, 0.29) is 10.6 Å². The molecule has 0 fully saturated rings. The minimum atomic E-state index is -2.05. The number of benzene rings is 4. The second-order valence-corrected chi connectivity index (χ2v) is 7.66. The Morgan fingerprint density at radius 3 is 2.06 bits per heavy atom. The van der Waals surface area contributed by atoms with Crippen LogP contribution in [0.4, 0.5) is 4.39 Å². The van der Waals surface area contributed by atoms with Gasteiger partial charge in [0.15, 0.2) is 5.60 Å². The van der Waals surface area contributed by atoms with E-state index in [0.717, 1.165) is 0 Å². The number of ether oxygens (including phenoxy) is 1. The predicted octanol–water partition coefficient (Wildman–Crippen LogP) is 6.27. The number of hydrogen-bond acceptors (Lipinski definition) is 3. The molecule has 0 spiro atoms. The number of carbonyl (C=O) groups excluding carboxylic acids is 1. The van der Waals surface area contributed by atoms with Gasteiger partial charge < -0.3 is 9.84 Å². The third-order valence-corrected chi connectivity index (χ3v) is 5.78. The molecule has 0 saturated carbocycles. The van der Waals surface area contributed by atoms with Gasteiger partial charge in [0, 0.05) is 16.7 Å². The minimum Gasteiger partial charge on any atom is -0.495 e. The average Bonchev–Trinajstić information content (AvgIpc) is 2.84. The molecule has 1 atom stereocenters. The van der Waals surface area contributed by atoms with E-state index in [1.165, 1.54) is 19.2 Å². The molecule has 0 radical (unpaired) electrons. The predicted molar refractivity (Wildman–Crippen MR) is 124 cm³/mol. The molecule has 32 heavy (non-hydrogen) atoms. The van der Waals surface area contributed by atoms with E-state index < -0.39 is 17.2 Å². The smallest absolute Gasteiger partial charge is 0.203 e. The quantitative estimate of drug-likeness (QED) is 0.355. The topological polar surface area (TPSA) is 46.5 Å². The molecular formula is C27H20ClFO3. The van der Waals surface area contributed by atoms with E-state index in [2.05, 4.69) is 0 Å². The van der Waals surface area contributed by atoms with Gasteiger partial charge in [0.05, 0.1) is 12.1 Å². The monoisotopic (exact) mass is 446 g/mol. The third kappa shape index (κ3) is 3.79. The third-order valence-electron chi connectivity index (χ3n) is 5.41. The van der Waals surface area contributed by atoms with E-state index in [9.17, 15) is 14.3 Å². The van der Waals surface area contributed by atoms with Crippen LogP contribution in [0.1, 0.15) is 21.5 Å². The van der Waals surface area contributed by atoms with Gasteiger partial charge in [0.25, 0.3) is 0 Å². The molecule has 0 aliphatic heterocycles. The number of Topliss-reactive ketones (excluding diaryl/α,β-unsaturated/α-hetero) is 1. The molecule has 0 aliphatic carbocycles. The number of methoxy groups -OCH3 is 1. The van der Waals surface area contributed by atoms with Crippen LogP contribution in [-0.4, -0.2) is 18.0 Å². The van der Waals surface area contributed by atoms with Crippen molar-refractivity contribution in [2.45, 2.75) is 5.60 Å². The zero-order chi connectivity index (χ0) is 22.7. The maximum atomic E-state index is 13.8. The number of carbonyl (C=O) groups is 1. The molecule has 0 amide bonds. The molecule has 1 unspecified atom stereocenters. The van der Waals surface area contributed by atoms with Crippen molar-refractivity contribution in [3.05, 3.63) is 125 Å². The van der Waals surface area contributed by atoms with Crippen LogP contribution in [0.2, 0.25) is 5.02 Å². The molecule has 5 heteroatoms. The van der Waals surface area contributed by atoms with Gasteiger partial charge in [-0.2, -0.15) is 0 Å². The Kier molecular flexibility index (Phi) is 6.08. The summed E-state index contributed by atoms with van der Waals surface area (Å²) in [4.78, 5) is 13.8. The fraction of sp³-hybridized carbons (Fsp3) is 0.0741. The first-order valence-corrected chi connectivity index (χ1v) is 10.3. The van der Waals surface area contributed by atoms with Crippen molar-refractivity contribution < 1.29 is 19.0 Å². The van der Waals surface area contributed by atoms with E-state index in [4.69, 9.17) is 16.3 Å². The van der Waals surface area contributed by atoms with Crippen molar-refractivity contribution in [1.82, 2.24) is 0 Å². The average molecular weight is 447 g/mol. The Morgan fingerprint density at radius 1 is 0.875 bits per heavy atom. The summed E-state index contributed by atoms with van der Waals surface area (Å²) < 4.78 is 19.0. The Morgan fingerprint density at radius 2 is 1.47 bits per heavy atom. The number of hydrogen-bond donors (Lipinski definition) is 1. The molecule has 4 aromatic carbocycles. The van der Waals surface area contributed by atoms with E-state index in [0.29, 0.717) is 28.0 Å². The molecule has 0 heterocycles. The summed E-state index contributed by atoms with van der Waals surface area (Å²) in [6.45, 7) is 0. The van der Waals surface area contributed by atoms with Gasteiger partial charge in [0.2, 0.25) is 5.78 Å². The normalized spacial score (nSPS) is 12.8. The van der Waals surface area contributed by atoms with E-state index in [1.807, 2.05) is 0 Å². The van der Waals surface area contributed by atoms with Crippen LogP contribution in [0.3, 0.4) is 0 Å². The van der Waals surface area contributed by atoms with Gasteiger partial charge in [0.1, 0.15) is 11.6 Å². The zero-order valence-electron chi connectivity index (χ0n) is 17.3. The first-order chi connectivity index (χ1) is 15.5. The van der Waals surface area contributed by atoms with Gasteiger partial charge in [-0.3, -0.25) is 4.79 Å².